The first-order valence-electron chi connectivity index (χ1n) is 10.7. The lowest BCUT2D eigenvalue weighted by Gasteiger charge is -2.16. The number of benzene rings is 2. The van der Waals surface area contributed by atoms with E-state index >= 15 is 0 Å². The second kappa shape index (κ2) is 16.1. The van der Waals surface area contributed by atoms with Crippen LogP contribution in [0, 0.1) is 6.92 Å². The summed E-state index contributed by atoms with van der Waals surface area (Å²) in [7, 11) is 3.28. The molecular weight excluding hydrogens is 535 g/mol. The topological polar surface area (TPSA) is 93.2 Å². The average molecular weight is 570 g/mol. The van der Waals surface area contributed by atoms with Gasteiger partial charge in [-0.2, -0.15) is 0 Å². The van der Waals surface area contributed by atoms with E-state index in [1.807, 2.05) is 26.0 Å². The first kappa shape index (κ1) is 28.5. The summed E-state index contributed by atoms with van der Waals surface area (Å²) in [6, 6.07) is 13.2. The van der Waals surface area contributed by atoms with Gasteiger partial charge in [-0.3, -0.25) is 9.79 Å². The van der Waals surface area contributed by atoms with Gasteiger partial charge in [0.05, 0.1) is 13.7 Å². The summed E-state index contributed by atoms with van der Waals surface area (Å²) in [5.74, 6) is 1.97. The molecule has 2 aromatic rings. The van der Waals surface area contributed by atoms with Gasteiger partial charge in [-0.15, -0.1) is 24.0 Å². The highest BCUT2D eigenvalue weighted by molar-refractivity contribution is 14.0. The Kier molecular flexibility index (Phi) is 13.9. The van der Waals surface area contributed by atoms with Crippen LogP contribution in [-0.2, 0) is 11.3 Å². The molecule has 0 bridgehead atoms. The molecule has 0 fully saturated rings. The molecule has 1 amide bonds. The number of nitrogens with one attached hydrogen (secondary N) is 3. The molecule has 33 heavy (non-hydrogen) atoms. The Morgan fingerprint density at radius 2 is 1.82 bits per heavy atom. The molecule has 0 atom stereocenters. The van der Waals surface area contributed by atoms with Crippen LogP contribution in [0.2, 0.25) is 0 Å². The number of aryl methyl sites for hydroxylation is 1. The Bertz CT molecular complexity index is 893. The molecule has 3 N–H and O–H groups in total. The summed E-state index contributed by atoms with van der Waals surface area (Å²) in [5, 5.41) is 9.36. The predicted octanol–water partition coefficient (Wildman–Crippen LogP) is 3.13. The first-order valence-corrected chi connectivity index (χ1v) is 10.7. The molecule has 0 saturated heterocycles. The van der Waals surface area contributed by atoms with Crippen molar-refractivity contribution in [2.75, 3.05) is 47.1 Å². The minimum absolute atomic E-state index is 0. The van der Waals surface area contributed by atoms with Gasteiger partial charge in [0.2, 0.25) is 0 Å². The second-order valence-corrected chi connectivity index (χ2v) is 7.00. The lowest BCUT2D eigenvalue weighted by molar-refractivity contribution is 0.0954. The third-order valence-electron chi connectivity index (χ3n) is 4.62. The molecule has 0 aliphatic heterocycles. The highest BCUT2D eigenvalue weighted by Crippen LogP contribution is 2.20. The van der Waals surface area contributed by atoms with Gasteiger partial charge in [-0.05, 0) is 43.7 Å². The zero-order valence-electron chi connectivity index (χ0n) is 19.8. The van der Waals surface area contributed by atoms with Crippen molar-refractivity contribution in [1.82, 2.24) is 16.0 Å². The normalized spacial score (nSPS) is 10.7. The van der Waals surface area contributed by atoms with E-state index in [2.05, 4.69) is 27.0 Å². The van der Waals surface area contributed by atoms with E-state index in [0.29, 0.717) is 56.7 Å². The van der Waals surface area contributed by atoms with Gasteiger partial charge in [0.1, 0.15) is 18.1 Å². The molecule has 0 aliphatic carbocycles. The Morgan fingerprint density at radius 1 is 1.03 bits per heavy atom. The van der Waals surface area contributed by atoms with E-state index < -0.39 is 0 Å². The van der Waals surface area contributed by atoms with E-state index in [4.69, 9.17) is 14.2 Å². The summed E-state index contributed by atoms with van der Waals surface area (Å²) in [4.78, 5) is 16.5. The molecule has 0 unspecified atom stereocenters. The fraction of sp³-hybridized carbons (Fsp3) is 0.417. The average Bonchev–Trinajstić information content (AvgIpc) is 2.82. The number of carbonyl (C=O) groups is 1. The van der Waals surface area contributed by atoms with E-state index in [1.165, 1.54) is 0 Å². The van der Waals surface area contributed by atoms with Crippen molar-refractivity contribution >= 4 is 35.8 Å². The quantitative estimate of drug-likeness (QED) is 0.157. The molecule has 2 rings (SSSR count). The highest BCUT2D eigenvalue weighted by atomic mass is 127. The first-order chi connectivity index (χ1) is 15.6. The monoisotopic (exact) mass is 570 g/mol. The summed E-state index contributed by atoms with van der Waals surface area (Å²) in [6.07, 6.45) is 0. The number of hydrogen-bond acceptors (Lipinski definition) is 5. The smallest absolute Gasteiger partial charge is 0.251 e. The number of aliphatic imine (C=N–C) groups is 1. The van der Waals surface area contributed by atoms with Crippen LogP contribution in [-0.4, -0.2) is 58.9 Å². The number of ether oxygens (including phenoxy) is 3. The number of methoxy groups -OCH3 is 1. The van der Waals surface area contributed by atoms with Crippen LogP contribution >= 0.6 is 24.0 Å². The van der Waals surface area contributed by atoms with Crippen LogP contribution < -0.4 is 25.4 Å². The molecule has 8 nitrogen and oxygen atoms in total. The fourth-order valence-corrected chi connectivity index (χ4v) is 2.92. The number of amides is 1. The molecular formula is C24H35IN4O4. The number of rotatable bonds is 12. The molecule has 0 spiro atoms. The van der Waals surface area contributed by atoms with Gasteiger partial charge in [0, 0.05) is 44.4 Å². The summed E-state index contributed by atoms with van der Waals surface area (Å²) < 4.78 is 16.4. The van der Waals surface area contributed by atoms with Crippen LogP contribution in [0.15, 0.2) is 47.5 Å². The molecule has 0 aliphatic rings. The number of hydrogen-bond donors (Lipinski definition) is 3. The van der Waals surface area contributed by atoms with E-state index in [9.17, 15) is 4.79 Å². The fourth-order valence-electron chi connectivity index (χ4n) is 2.92. The maximum atomic E-state index is 12.3. The largest absolute Gasteiger partial charge is 0.497 e. The number of guanidine groups is 1. The Balaban J connectivity index is 0.00000544. The SMILES string of the molecule is CCOCCOc1cc(C)ccc1CNC(=NC)NCCNC(=O)c1cccc(OC)c1.I. The van der Waals surface area contributed by atoms with E-state index in [1.54, 1.807) is 38.4 Å². The minimum Gasteiger partial charge on any atom is -0.497 e. The molecule has 182 valence electrons. The van der Waals surface area contributed by atoms with Gasteiger partial charge in [-0.25, -0.2) is 0 Å². The summed E-state index contributed by atoms with van der Waals surface area (Å²) in [6.45, 7) is 7.27. The van der Waals surface area contributed by atoms with Crippen molar-refractivity contribution in [2.24, 2.45) is 4.99 Å². The molecule has 0 radical (unpaired) electrons. The van der Waals surface area contributed by atoms with Crippen molar-refractivity contribution in [3.63, 3.8) is 0 Å². The number of carbonyl (C=O) groups excluding carboxylic acids is 1. The van der Waals surface area contributed by atoms with Crippen molar-refractivity contribution in [2.45, 2.75) is 20.4 Å². The molecule has 2 aromatic carbocycles. The van der Waals surface area contributed by atoms with Crippen molar-refractivity contribution in [3.05, 3.63) is 59.2 Å². The van der Waals surface area contributed by atoms with Crippen LogP contribution in [0.4, 0.5) is 0 Å². The Hall–Kier alpha value is -2.53. The van der Waals surface area contributed by atoms with Crippen LogP contribution in [0.25, 0.3) is 0 Å². The van der Waals surface area contributed by atoms with Gasteiger partial charge >= 0.3 is 0 Å². The summed E-state index contributed by atoms with van der Waals surface area (Å²) in [5.41, 5.74) is 2.72. The van der Waals surface area contributed by atoms with Crippen molar-refractivity contribution < 1.29 is 19.0 Å². The van der Waals surface area contributed by atoms with Gasteiger partial charge in [0.25, 0.3) is 5.91 Å². The Labute approximate surface area is 213 Å². The second-order valence-electron chi connectivity index (χ2n) is 7.00. The standard InChI is InChI=1S/C24H34N4O4.HI/c1-5-31-13-14-32-22-15-18(2)9-10-20(22)17-28-24(25-3)27-12-11-26-23(29)19-7-6-8-21(16-19)30-4;/h6-10,15-16H,5,11-14,17H2,1-4H3,(H,26,29)(H2,25,27,28);1H. The van der Waals surface area contributed by atoms with Gasteiger partial charge < -0.3 is 30.2 Å². The molecule has 0 heterocycles. The third kappa shape index (κ3) is 10.3. The maximum Gasteiger partial charge on any atom is 0.251 e. The lowest BCUT2D eigenvalue weighted by atomic mass is 10.1. The lowest BCUT2D eigenvalue weighted by Crippen LogP contribution is -2.41. The third-order valence-corrected chi connectivity index (χ3v) is 4.62. The van der Waals surface area contributed by atoms with Crippen LogP contribution in [0.3, 0.4) is 0 Å². The highest BCUT2D eigenvalue weighted by Gasteiger charge is 2.08. The van der Waals surface area contributed by atoms with Gasteiger partial charge in [0.15, 0.2) is 5.96 Å². The maximum absolute atomic E-state index is 12.3. The summed E-state index contributed by atoms with van der Waals surface area (Å²) >= 11 is 0. The Morgan fingerprint density at radius 3 is 2.55 bits per heavy atom. The molecule has 0 saturated carbocycles. The zero-order valence-corrected chi connectivity index (χ0v) is 22.1. The van der Waals surface area contributed by atoms with E-state index in [-0.39, 0.29) is 29.9 Å². The number of nitrogens with zero attached hydrogens (tertiary/aromatic N) is 1. The minimum atomic E-state index is -0.151. The van der Waals surface area contributed by atoms with Crippen molar-refractivity contribution in [1.29, 1.82) is 0 Å². The van der Waals surface area contributed by atoms with Crippen molar-refractivity contribution in [3.8, 4) is 11.5 Å². The van der Waals surface area contributed by atoms with Gasteiger partial charge in [-0.1, -0.05) is 18.2 Å². The molecule has 9 heteroatoms. The molecule has 0 aromatic heterocycles. The van der Waals surface area contributed by atoms with Crippen LogP contribution in [0.1, 0.15) is 28.4 Å². The number of halogens is 1. The predicted molar refractivity (Wildman–Crippen MR) is 142 cm³/mol. The zero-order chi connectivity index (χ0) is 23.2. The van der Waals surface area contributed by atoms with Crippen LogP contribution in [0.5, 0.6) is 11.5 Å². The van der Waals surface area contributed by atoms with E-state index in [0.717, 1.165) is 16.9 Å².